The largest absolute Gasteiger partial charge is 0.342 e. The average Bonchev–Trinajstić information content (AvgIpc) is 2.86. The summed E-state index contributed by atoms with van der Waals surface area (Å²) in [7, 11) is 0. The fourth-order valence-electron chi connectivity index (χ4n) is 1.37. The second-order valence-electron chi connectivity index (χ2n) is 3.57. The zero-order chi connectivity index (χ0) is 13.1. The lowest BCUT2D eigenvalue weighted by molar-refractivity contribution is 0.0937. The van der Waals surface area contributed by atoms with Gasteiger partial charge in [-0.2, -0.15) is 5.21 Å². The van der Waals surface area contributed by atoms with Crippen molar-refractivity contribution in [3.63, 3.8) is 0 Å². The normalized spacial score (nSPS) is 12.2. The van der Waals surface area contributed by atoms with Crippen molar-refractivity contribution in [2.24, 2.45) is 0 Å². The molecule has 18 heavy (non-hydrogen) atoms. The molecule has 0 radical (unpaired) electrons. The number of carbonyl (C=O) groups excluding carboxylic acids is 1. The Morgan fingerprint density at radius 3 is 3.00 bits per heavy atom. The summed E-state index contributed by atoms with van der Waals surface area (Å²) in [6.45, 7) is 1.70. The van der Waals surface area contributed by atoms with Gasteiger partial charge in [0.1, 0.15) is 5.82 Å². The molecule has 1 atom stereocenters. The molecule has 2 aromatic rings. The molecule has 0 saturated carbocycles. The van der Waals surface area contributed by atoms with E-state index >= 15 is 0 Å². The number of aromatic amines is 1. The second-order valence-corrected chi connectivity index (χ2v) is 4.36. The Balaban J connectivity index is 2.15. The molecule has 0 spiro atoms. The monoisotopic (exact) mass is 313 g/mol. The molecular weight excluding hydrogens is 305 g/mol. The predicted octanol–water partition coefficient (Wildman–Crippen LogP) is 1.59. The average molecular weight is 314 g/mol. The van der Waals surface area contributed by atoms with Gasteiger partial charge in [0.05, 0.1) is 16.1 Å². The van der Waals surface area contributed by atoms with Gasteiger partial charge in [0.15, 0.2) is 5.82 Å². The first kappa shape index (κ1) is 12.6. The topological polar surface area (TPSA) is 83.6 Å². The second kappa shape index (κ2) is 5.21. The predicted molar refractivity (Wildman–Crippen MR) is 64.2 cm³/mol. The van der Waals surface area contributed by atoms with E-state index in [0.717, 1.165) is 0 Å². The van der Waals surface area contributed by atoms with Crippen LogP contribution >= 0.6 is 15.9 Å². The molecular formula is C10H9BrFN5O. The standard InChI is InChI=1S/C10H9BrFN5O/c1-5(9-14-16-17-15-9)13-10(18)6-3-2-4-7(12)8(6)11/h2-5H,1H3,(H,13,18)(H,14,15,16,17). The quantitative estimate of drug-likeness (QED) is 0.901. The van der Waals surface area contributed by atoms with Crippen LogP contribution < -0.4 is 5.32 Å². The van der Waals surface area contributed by atoms with Crippen molar-refractivity contribution in [3.05, 3.63) is 39.9 Å². The lowest BCUT2D eigenvalue weighted by Crippen LogP contribution is -2.27. The van der Waals surface area contributed by atoms with Crippen LogP contribution in [0.5, 0.6) is 0 Å². The minimum absolute atomic E-state index is 0.128. The first-order valence-corrected chi connectivity index (χ1v) is 5.87. The van der Waals surface area contributed by atoms with E-state index in [1.807, 2.05) is 0 Å². The molecule has 2 N–H and O–H groups in total. The summed E-state index contributed by atoms with van der Waals surface area (Å²) >= 11 is 3.03. The van der Waals surface area contributed by atoms with Crippen molar-refractivity contribution in [1.82, 2.24) is 25.9 Å². The highest BCUT2D eigenvalue weighted by molar-refractivity contribution is 9.10. The number of amides is 1. The molecule has 1 aromatic heterocycles. The van der Waals surface area contributed by atoms with Gasteiger partial charge in [-0.25, -0.2) is 4.39 Å². The van der Waals surface area contributed by atoms with Crippen LogP contribution in [0.25, 0.3) is 0 Å². The van der Waals surface area contributed by atoms with Gasteiger partial charge in [-0.15, -0.1) is 10.2 Å². The molecule has 0 bridgehead atoms. The number of nitrogens with zero attached hydrogens (tertiary/aromatic N) is 3. The molecule has 1 unspecified atom stereocenters. The SMILES string of the molecule is CC(NC(=O)c1cccc(F)c1Br)c1nn[nH]n1. The molecule has 6 nitrogen and oxygen atoms in total. The molecule has 1 aromatic carbocycles. The lowest BCUT2D eigenvalue weighted by atomic mass is 10.2. The Hall–Kier alpha value is -1.83. The van der Waals surface area contributed by atoms with E-state index in [2.05, 4.69) is 41.9 Å². The summed E-state index contributed by atoms with van der Waals surface area (Å²) < 4.78 is 13.4. The number of nitrogens with one attached hydrogen (secondary N) is 2. The van der Waals surface area contributed by atoms with E-state index in [0.29, 0.717) is 5.82 Å². The Labute approximate surface area is 110 Å². The lowest BCUT2D eigenvalue weighted by Gasteiger charge is -2.11. The van der Waals surface area contributed by atoms with Gasteiger partial charge in [-0.05, 0) is 35.0 Å². The van der Waals surface area contributed by atoms with E-state index in [9.17, 15) is 9.18 Å². The smallest absolute Gasteiger partial charge is 0.253 e. The summed E-state index contributed by atoms with van der Waals surface area (Å²) in [5, 5.41) is 15.8. The van der Waals surface area contributed by atoms with E-state index in [1.165, 1.54) is 18.2 Å². The van der Waals surface area contributed by atoms with E-state index in [1.54, 1.807) is 6.92 Å². The van der Waals surface area contributed by atoms with Crippen LogP contribution in [-0.4, -0.2) is 26.5 Å². The van der Waals surface area contributed by atoms with Crippen LogP contribution in [-0.2, 0) is 0 Å². The Morgan fingerprint density at radius 1 is 1.56 bits per heavy atom. The minimum atomic E-state index is -0.491. The number of aromatic nitrogens is 4. The molecule has 0 aliphatic rings. The van der Waals surface area contributed by atoms with Crippen molar-refractivity contribution in [2.45, 2.75) is 13.0 Å². The highest BCUT2D eigenvalue weighted by Crippen LogP contribution is 2.20. The first-order chi connectivity index (χ1) is 8.59. The fourth-order valence-corrected chi connectivity index (χ4v) is 1.82. The molecule has 0 saturated heterocycles. The highest BCUT2D eigenvalue weighted by atomic mass is 79.9. The third kappa shape index (κ3) is 2.53. The maximum atomic E-state index is 13.3. The molecule has 0 aliphatic carbocycles. The number of carbonyl (C=O) groups is 1. The number of rotatable bonds is 3. The summed E-state index contributed by atoms with van der Waals surface area (Å²) in [6.07, 6.45) is 0. The molecule has 0 aliphatic heterocycles. The van der Waals surface area contributed by atoms with Gasteiger partial charge in [0, 0.05) is 0 Å². The highest BCUT2D eigenvalue weighted by Gasteiger charge is 2.17. The minimum Gasteiger partial charge on any atom is -0.342 e. The third-order valence-electron chi connectivity index (χ3n) is 2.29. The molecule has 0 fully saturated rings. The molecule has 8 heteroatoms. The van der Waals surface area contributed by atoms with Crippen LogP contribution in [0, 0.1) is 5.82 Å². The zero-order valence-corrected chi connectivity index (χ0v) is 10.9. The van der Waals surface area contributed by atoms with Crippen molar-refractivity contribution >= 4 is 21.8 Å². The van der Waals surface area contributed by atoms with Crippen LogP contribution in [0.4, 0.5) is 4.39 Å². The third-order valence-corrected chi connectivity index (χ3v) is 3.10. The number of halogens is 2. The van der Waals surface area contributed by atoms with Gasteiger partial charge in [0.2, 0.25) is 0 Å². The zero-order valence-electron chi connectivity index (χ0n) is 9.32. The van der Waals surface area contributed by atoms with Crippen molar-refractivity contribution in [3.8, 4) is 0 Å². The molecule has 1 amide bonds. The Kier molecular flexibility index (Phi) is 3.66. The Bertz CT molecular complexity index is 559. The maximum Gasteiger partial charge on any atom is 0.253 e. The van der Waals surface area contributed by atoms with Gasteiger partial charge in [-0.1, -0.05) is 11.3 Å². The number of benzene rings is 1. The fraction of sp³-hybridized carbons (Fsp3) is 0.200. The van der Waals surface area contributed by atoms with Crippen molar-refractivity contribution in [2.75, 3.05) is 0 Å². The molecule has 1 heterocycles. The summed E-state index contributed by atoms with van der Waals surface area (Å²) in [5.41, 5.74) is 0.213. The van der Waals surface area contributed by atoms with Crippen LogP contribution in [0.2, 0.25) is 0 Å². The summed E-state index contributed by atoms with van der Waals surface area (Å²) in [6, 6.07) is 3.83. The van der Waals surface area contributed by atoms with Crippen LogP contribution in [0.3, 0.4) is 0 Å². The van der Waals surface area contributed by atoms with Gasteiger partial charge < -0.3 is 5.32 Å². The summed E-state index contributed by atoms with van der Waals surface area (Å²) in [5.74, 6) is -0.551. The number of hydrogen-bond acceptors (Lipinski definition) is 4. The van der Waals surface area contributed by atoms with Crippen LogP contribution in [0.1, 0.15) is 29.1 Å². The molecule has 94 valence electrons. The van der Waals surface area contributed by atoms with E-state index < -0.39 is 17.8 Å². The molecule has 2 rings (SSSR count). The number of hydrogen-bond donors (Lipinski definition) is 2. The Morgan fingerprint density at radius 2 is 2.33 bits per heavy atom. The van der Waals surface area contributed by atoms with Crippen molar-refractivity contribution in [1.29, 1.82) is 0 Å². The van der Waals surface area contributed by atoms with E-state index in [4.69, 9.17) is 0 Å². The van der Waals surface area contributed by atoms with Crippen molar-refractivity contribution < 1.29 is 9.18 Å². The first-order valence-electron chi connectivity index (χ1n) is 5.08. The number of tetrazole rings is 1. The maximum absolute atomic E-state index is 13.3. The van der Waals surface area contributed by atoms with Gasteiger partial charge in [0.25, 0.3) is 5.91 Å². The van der Waals surface area contributed by atoms with E-state index in [-0.39, 0.29) is 10.0 Å². The van der Waals surface area contributed by atoms with Crippen LogP contribution in [0.15, 0.2) is 22.7 Å². The number of H-pyrrole nitrogens is 1. The summed E-state index contributed by atoms with van der Waals surface area (Å²) in [4.78, 5) is 11.9. The van der Waals surface area contributed by atoms with Gasteiger partial charge >= 0.3 is 0 Å². The van der Waals surface area contributed by atoms with Gasteiger partial charge in [-0.3, -0.25) is 4.79 Å².